The molecule has 20 heavy (non-hydrogen) atoms. The Labute approximate surface area is 122 Å². The van der Waals surface area contributed by atoms with E-state index in [0.29, 0.717) is 23.9 Å². The maximum Gasteiger partial charge on any atom is 0.265 e. The molecule has 2 heterocycles. The summed E-state index contributed by atoms with van der Waals surface area (Å²) in [6.45, 7) is 5.63. The lowest BCUT2D eigenvalue weighted by Gasteiger charge is -2.38. The van der Waals surface area contributed by atoms with Crippen molar-refractivity contribution in [3.05, 3.63) is 15.6 Å². The van der Waals surface area contributed by atoms with Crippen LogP contribution in [0.5, 0.6) is 0 Å². The molecule has 1 aromatic rings. The van der Waals surface area contributed by atoms with E-state index in [-0.39, 0.29) is 17.7 Å². The number of likely N-dealkylation sites (tertiary alicyclic amines) is 1. The van der Waals surface area contributed by atoms with Gasteiger partial charge in [-0.15, -0.1) is 11.3 Å². The Hall–Kier alpha value is -1.43. The number of nitrogens with zero attached hydrogens (tertiary/aromatic N) is 2. The van der Waals surface area contributed by atoms with Crippen molar-refractivity contribution >= 4 is 23.2 Å². The van der Waals surface area contributed by atoms with Gasteiger partial charge in [0.2, 0.25) is 5.91 Å². The number of hydrogen-bond donors (Lipinski definition) is 1. The Kier molecular flexibility index (Phi) is 3.50. The highest BCUT2D eigenvalue weighted by atomic mass is 32.1. The first-order valence-electron chi connectivity index (χ1n) is 7.05. The molecule has 1 aromatic heterocycles. The molecule has 6 heteroatoms. The van der Waals surface area contributed by atoms with Crippen molar-refractivity contribution in [3.8, 4) is 0 Å². The van der Waals surface area contributed by atoms with E-state index in [1.165, 1.54) is 24.2 Å². The summed E-state index contributed by atoms with van der Waals surface area (Å²) in [5, 5.41) is 3.88. The highest BCUT2D eigenvalue weighted by Gasteiger charge is 2.37. The normalized spacial score (nSPS) is 18.8. The van der Waals surface area contributed by atoms with Gasteiger partial charge >= 0.3 is 0 Å². The zero-order chi connectivity index (χ0) is 14.3. The van der Waals surface area contributed by atoms with Gasteiger partial charge in [-0.25, -0.2) is 4.98 Å². The van der Waals surface area contributed by atoms with Crippen LogP contribution < -0.4 is 5.32 Å². The van der Waals surface area contributed by atoms with Gasteiger partial charge in [0.1, 0.15) is 4.88 Å². The fourth-order valence-electron chi connectivity index (χ4n) is 2.39. The van der Waals surface area contributed by atoms with Crippen LogP contribution in [-0.2, 0) is 4.79 Å². The minimum atomic E-state index is -0.0352. The summed E-state index contributed by atoms with van der Waals surface area (Å²) in [7, 11) is 0. The molecule has 2 fully saturated rings. The second-order valence-electron chi connectivity index (χ2n) is 5.74. The molecule has 1 saturated heterocycles. The fraction of sp³-hybridized carbons (Fsp3) is 0.643. The summed E-state index contributed by atoms with van der Waals surface area (Å²) < 4.78 is 0. The number of aromatic nitrogens is 1. The molecular weight excluding hydrogens is 274 g/mol. The molecule has 1 aliphatic carbocycles. The third-order valence-corrected chi connectivity index (χ3v) is 4.96. The number of carbonyl (C=O) groups is 2. The summed E-state index contributed by atoms with van der Waals surface area (Å²) in [6.07, 6.45) is 2.47. The van der Waals surface area contributed by atoms with E-state index >= 15 is 0 Å². The molecule has 2 amide bonds. The van der Waals surface area contributed by atoms with Crippen LogP contribution in [0.25, 0.3) is 0 Å². The first-order chi connectivity index (χ1) is 9.54. The predicted octanol–water partition coefficient (Wildman–Crippen LogP) is 1.36. The largest absolute Gasteiger partial charge is 0.355 e. The summed E-state index contributed by atoms with van der Waals surface area (Å²) >= 11 is 1.43. The van der Waals surface area contributed by atoms with Crippen LogP contribution in [0.2, 0.25) is 0 Å². The molecule has 1 saturated carbocycles. The van der Waals surface area contributed by atoms with E-state index in [0.717, 1.165) is 17.2 Å². The van der Waals surface area contributed by atoms with E-state index in [4.69, 9.17) is 0 Å². The van der Waals surface area contributed by atoms with Gasteiger partial charge in [0.25, 0.3) is 5.91 Å². The van der Waals surface area contributed by atoms with Crippen LogP contribution in [-0.4, -0.2) is 41.3 Å². The number of carbonyl (C=O) groups excluding carboxylic acids is 2. The van der Waals surface area contributed by atoms with Crippen molar-refractivity contribution in [1.82, 2.24) is 15.2 Å². The zero-order valence-corrected chi connectivity index (χ0v) is 12.6. The topological polar surface area (TPSA) is 62.3 Å². The maximum atomic E-state index is 12.3. The van der Waals surface area contributed by atoms with Crippen molar-refractivity contribution in [3.63, 3.8) is 0 Å². The predicted molar refractivity (Wildman–Crippen MR) is 76.7 cm³/mol. The average Bonchev–Trinajstić information content (AvgIpc) is 3.09. The molecule has 2 aliphatic rings. The third-order valence-electron chi connectivity index (χ3n) is 3.90. The lowest BCUT2D eigenvalue weighted by Crippen LogP contribution is -2.55. The monoisotopic (exact) mass is 293 g/mol. The van der Waals surface area contributed by atoms with Crippen molar-refractivity contribution in [1.29, 1.82) is 0 Å². The quantitative estimate of drug-likeness (QED) is 0.911. The third kappa shape index (κ3) is 2.70. The van der Waals surface area contributed by atoms with Gasteiger partial charge in [0.05, 0.1) is 16.6 Å². The van der Waals surface area contributed by atoms with E-state index in [9.17, 15) is 9.59 Å². The molecule has 0 spiro atoms. The highest BCUT2D eigenvalue weighted by molar-refractivity contribution is 7.13. The molecule has 0 atom stereocenters. The fourth-order valence-corrected chi connectivity index (χ4v) is 3.28. The standard InChI is InChI=1S/C14H19N3O2S/c1-8-12(20-9(2)16-8)14(19)17-6-11(7-17)13(18)15-5-10-3-4-10/h10-11H,3-7H2,1-2H3,(H,15,18). The Bertz CT molecular complexity index is 545. The van der Waals surface area contributed by atoms with Crippen LogP contribution >= 0.6 is 11.3 Å². The molecule has 0 unspecified atom stereocenters. The number of nitrogens with one attached hydrogen (secondary N) is 1. The maximum absolute atomic E-state index is 12.3. The van der Waals surface area contributed by atoms with E-state index in [1.54, 1.807) is 4.90 Å². The van der Waals surface area contributed by atoms with Gasteiger partial charge in [-0.1, -0.05) is 0 Å². The van der Waals surface area contributed by atoms with Crippen molar-refractivity contribution in [2.45, 2.75) is 26.7 Å². The number of thiazole rings is 1. The second-order valence-corrected chi connectivity index (χ2v) is 6.95. The van der Waals surface area contributed by atoms with Crippen LogP contribution in [0.1, 0.15) is 33.2 Å². The van der Waals surface area contributed by atoms with Crippen LogP contribution in [0.3, 0.4) is 0 Å². The van der Waals surface area contributed by atoms with Gasteiger partial charge in [-0.3, -0.25) is 9.59 Å². The minimum absolute atomic E-state index is 0.0133. The Morgan fingerprint density at radius 2 is 2.05 bits per heavy atom. The zero-order valence-electron chi connectivity index (χ0n) is 11.8. The van der Waals surface area contributed by atoms with E-state index in [1.807, 2.05) is 13.8 Å². The van der Waals surface area contributed by atoms with Crippen molar-refractivity contribution < 1.29 is 9.59 Å². The summed E-state index contributed by atoms with van der Waals surface area (Å²) in [5.74, 6) is 0.768. The lowest BCUT2D eigenvalue weighted by molar-refractivity contribution is -0.129. The molecule has 0 radical (unpaired) electrons. The minimum Gasteiger partial charge on any atom is -0.355 e. The summed E-state index contributed by atoms with van der Waals surface area (Å²) in [6, 6.07) is 0. The van der Waals surface area contributed by atoms with Crippen LogP contribution in [0, 0.1) is 25.7 Å². The molecular formula is C14H19N3O2S. The molecule has 5 nitrogen and oxygen atoms in total. The van der Waals surface area contributed by atoms with Crippen LogP contribution in [0.15, 0.2) is 0 Å². The van der Waals surface area contributed by atoms with Crippen LogP contribution in [0.4, 0.5) is 0 Å². The van der Waals surface area contributed by atoms with Crippen molar-refractivity contribution in [2.75, 3.05) is 19.6 Å². The Morgan fingerprint density at radius 1 is 1.35 bits per heavy atom. The molecule has 1 aliphatic heterocycles. The van der Waals surface area contributed by atoms with Gasteiger partial charge in [-0.2, -0.15) is 0 Å². The number of rotatable bonds is 4. The van der Waals surface area contributed by atoms with Gasteiger partial charge < -0.3 is 10.2 Å². The molecule has 0 aromatic carbocycles. The summed E-state index contributed by atoms with van der Waals surface area (Å²) in [5.41, 5.74) is 0.791. The van der Waals surface area contributed by atoms with Crippen molar-refractivity contribution in [2.24, 2.45) is 11.8 Å². The average molecular weight is 293 g/mol. The van der Waals surface area contributed by atoms with Gasteiger partial charge in [0.15, 0.2) is 0 Å². The molecule has 3 rings (SSSR count). The smallest absolute Gasteiger partial charge is 0.265 e. The number of amides is 2. The Morgan fingerprint density at radius 3 is 2.60 bits per heavy atom. The molecule has 1 N–H and O–H groups in total. The number of aryl methyl sites for hydroxylation is 2. The molecule has 0 bridgehead atoms. The van der Waals surface area contributed by atoms with Gasteiger partial charge in [-0.05, 0) is 32.6 Å². The lowest BCUT2D eigenvalue weighted by atomic mass is 9.98. The van der Waals surface area contributed by atoms with E-state index in [2.05, 4.69) is 10.3 Å². The Balaban J connectivity index is 1.50. The first kappa shape index (κ1) is 13.5. The summed E-state index contributed by atoms with van der Waals surface area (Å²) in [4.78, 5) is 30.9. The first-order valence-corrected chi connectivity index (χ1v) is 7.87. The second kappa shape index (κ2) is 5.16. The molecule has 108 valence electrons. The van der Waals surface area contributed by atoms with Gasteiger partial charge in [0, 0.05) is 19.6 Å². The number of hydrogen-bond acceptors (Lipinski definition) is 4. The SMILES string of the molecule is Cc1nc(C)c(C(=O)N2CC(C(=O)NCC3CC3)C2)s1. The van der Waals surface area contributed by atoms with E-state index < -0.39 is 0 Å². The highest BCUT2D eigenvalue weighted by Crippen LogP contribution is 2.28.